The van der Waals surface area contributed by atoms with E-state index in [0.717, 1.165) is 12.1 Å². The Morgan fingerprint density at radius 3 is 2.23 bits per heavy atom. The summed E-state index contributed by atoms with van der Waals surface area (Å²) in [6, 6.07) is 8.91. The minimum Gasteiger partial charge on any atom is -0.497 e. The van der Waals surface area contributed by atoms with E-state index in [4.69, 9.17) is 18.6 Å². The second-order valence-corrected chi connectivity index (χ2v) is 8.88. The van der Waals surface area contributed by atoms with Crippen LogP contribution >= 0.6 is 0 Å². The Labute approximate surface area is 221 Å². The molecular weight excluding hydrogens is 527 g/mol. The molecule has 0 atom stereocenters. The summed E-state index contributed by atoms with van der Waals surface area (Å²) < 4.78 is 89.5. The monoisotopic (exact) mass is 554 g/mol. The first kappa shape index (κ1) is 29.7. The van der Waals surface area contributed by atoms with Gasteiger partial charge in [0.05, 0.1) is 31.5 Å². The zero-order chi connectivity index (χ0) is 28.8. The standard InChI is InChI=1S/C28H27F5O6/c1-17(2)25(34)38-13-5-11-27(29,30)10-4-12-37-20-7-6-18-14-22(26(35)39-24(18)16-20)21-9-8-19(36-3)15-23(21)28(31,32)33/h6-9,14-16H,1,4-5,10-13H2,2-3H3. The second-order valence-electron chi connectivity index (χ2n) is 8.88. The Morgan fingerprint density at radius 1 is 0.923 bits per heavy atom. The molecule has 210 valence electrons. The van der Waals surface area contributed by atoms with Gasteiger partial charge in [-0.05, 0) is 56.2 Å². The van der Waals surface area contributed by atoms with Crippen molar-refractivity contribution >= 4 is 16.9 Å². The smallest absolute Gasteiger partial charge is 0.417 e. The zero-order valence-corrected chi connectivity index (χ0v) is 21.3. The highest BCUT2D eigenvalue weighted by Crippen LogP contribution is 2.39. The van der Waals surface area contributed by atoms with Gasteiger partial charge >= 0.3 is 17.8 Å². The molecule has 0 unspecified atom stereocenters. The molecule has 0 radical (unpaired) electrons. The van der Waals surface area contributed by atoms with E-state index < -0.39 is 42.1 Å². The molecule has 6 nitrogen and oxygen atoms in total. The quantitative estimate of drug-likeness (QED) is 0.0776. The summed E-state index contributed by atoms with van der Waals surface area (Å²) in [5.74, 6) is -3.36. The number of benzene rings is 2. The third-order valence-electron chi connectivity index (χ3n) is 5.75. The predicted octanol–water partition coefficient (Wildman–Crippen LogP) is 7.18. The number of carbonyl (C=O) groups is 1. The highest BCUT2D eigenvalue weighted by molar-refractivity contribution is 5.87. The summed E-state index contributed by atoms with van der Waals surface area (Å²) in [5, 5.41) is 0.347. The third kappa shape index (κ3) is 8.05. The first-order valence-electron chi connectivity index (χ1n) is 12.0. The van der Waals surface area contributed by atoms with Crippen molar-refractivity contribution in [2.24, 2.45) is 0 Å². The van der Waals surface area contributed by atoms with E-state index in [2.05, 4.69) is 6.58 Å². The van der Waals surface area contributed by atoms with Crippen LogP contribution in [0.15, 0.2) is 63.8 Å². The molecule has 0 bridgehead atoms. The van der Waals surface area contributed by atoms with Crippen molar-refractivity contribution in [2.45, 2.75) is 44.7 Å². The molecule has 0 amide bonds. The molecule has 0 spiro atoms. The van der Waals surface area contributed by atoms with E-state index >= 15 is 0 Å². The van der Waals surface area contributed by atoms with Gasteiger partial charge in [0.2, 0.25) is 5.92 Å². The minimum absolute atomic E-state index is 0.000434. The van der Waals surface area contributed by atoms with E-state index in [1.54, 1.807) is 0 Å². The Hall–Kier alpha value is -3.89. The molecule has 3 aromatic rings. The van der Waals surface area contributed by atoms with Crippen LogP contribution < -0.4 is 15.1 Å². The first-order valence-corrected chi connectivity index (χ1v) is 12.0. The molecule has 0 aliphatic heterocycles. The van der Waals surface area contributed by atoms with Crippen LogP contribution in [0.4, 0.5) is 22.0 Å². The highest BCUT2D eigenvalue weighted by atomic mass is 19.4. The summed E-state index contributed by atoms with van der Waals surface area (Å²) in [5.41, 5.74) is -2.39. The first-order chi connectivity index (χ1) is 18.3. The van der Waals surface area contributed by atoms with Crippen molar-refractivity contribution in [2.75, 3.05) is 20.3 Å². The van der Waals surface area contributed by atoms with Crippen molar-refractivity contribution in [3.63, 3.8) is 0 Å². The van der Waals surface area contributed by atoms with Crippen LogP contribution in [0, 0.1) is 0 Å². The molecule has 11 heteroatoms. The van der Waals surface area contributed by atoms with Gasteiger partial charge in [0.15, 0.2) is 0 Å². The lowest BCUT2D eigenvalue weighted by atomic mass is 9.99. The van der Waals surface area contributed by atoms with Gasteiger partial charge in [0.1, 0.15) is 17.1 Å². The average molecular weight is 555 g/mol. The Balaban J connectivity index is 1.63. The number of rotatable bonds is 12. The predicted molar refractivity (Wildman–Crippen MR) is 134 cm³/mol. The van der Waals surface area contributed by atoms with Crippen LogP contribution in [0.2, 0.25) is 0 Å². The van der Waals surface area contributed by atoms with Gasteiger partial charge in [-0.25, -0.2) is 18.4 Å². The third-order valence-corrected chi connectivity index (χ3v) is 5.75. The Morgan fingerprint density at radius 2 is 1.59 bits per heavy atom. The van der Waals surface area contributed by atoms with Crippen LogP contribution in [-0.4, -0.2) is 32.2 Å². The summed E-state index contributed by atoms with van der Waals surface area (Å²) >= 11 is 0. The molecule has 39 heavy (non-hydrogen) atoms. The lowest BCUT2D eigenvalue weighted by Crippen LogP contribution is -2.18. The maximum Gasteiger partial charge on any atom is 0.417 e. The van der Waals surface area contributed by atoms with Crippen LogP contribution in [0.3, 0.4) is 0 Å². The lowest BCUT2D eigenvalue weighted by Gasteiger charge is -2.16. The number of alkyl halides is 5. The van der Waals surface area contributed by atoms with Crippen molar-refractivity contribution < 1.29 is 45.4 Å². The van der Waals surface area contributed by atoms with Crippen LogP contribution in [0.1, 0.15) is 38.2 Å². The van der Waals surface area contributed by atoms with E-state index in [1.165, 1.54) is 44.4 Å². The molecular formula is C28H27F5O6. The number of hydrogen-bond donors (Lipinski definition) is 0. The fourth-order valence-corrected chi connectivity index (χ4v) is 3.75. The van der Waals surface area contributed by atoms with Crippen LogP contribution in [0.25, 0.3) is 22.1 Å². The van der Waals surface area contributed by atoms with Crippen molar-refractivity contribution in [3.05, 3.63) is 70.6 Å². The molecule has 0 aliphatic carbocycles. The molecule has 3 rings (SSSR count). The van der Waals surface area contributed by atoms with Crippen LogP contribution in [0.5, 0.6) is 11.5 Å². The molecule has 0 N–H and O–H groups in total. The normalized spacial score (nSPS) is 11.9. The van der Waals surface area contributed by atoms with Gasteiger partial charge in [-0.2, -0.15) is 13.2 Å². The second kappa shape index (κ2) is 12.3. The van der Waals surface area contributed by atoms with E-state index in [-0.39, 0.29) is 59.8 Å². The SMILES string of the molecule is C=C(C)C(=O)OCCCC(F)(F)CCCOc1ccc2cc(-c3ccc(OC)cc3C(F)(F)F)c(=O)oc2c1. The van der Waals surface area contributed by atoms with Gasteiger partial charge in [-0.1, -0.05) is 6.58 Å². The Kier molecular flexibility index (Phi) is 9.36. The number of esters is 1. The molecule has 0 saturated heterocycles. The van der Waals surface area contributed by atoms with E-state index in [1.807, 2.05) is 0 Å². The molecule has 0 aliphatic rings. The Bertz CT molecular complexity index is 1390. The molecule has 2 aromatic carbocycles. The molecule has 0 saturated carbocycles. The van der Waals surface area contributed by atoms with Crippen molar-refractivity contribution in [1.82, 2.24) is 0 Å². The van der Waals surface area contributed by atoms with Gasteiger partial charge < -0.3 is 18.6 Å². The number of methoxy groups -OCH3 is 1. The number of carbonyl (C=O) groups excluding carboxylic acids is 1. The van der Waals surface area contributed by atoms with Gasteiger partial charge in [-0.3, -0.25) is 0 Å². The zero-order valence-electron chi connectivity index (χ0n) is 21.3. The van der Waals surface area contributed by atoms with E-state index in [9.17, 15) is 31.5 Å². The highest BCUT2D eigenvalue weighted by Gasteiger charge is 2.35. The summed E-state index contributed by atoms with van der Waals surface area (Å²) in [6.07, 6.45) is -5.62. The van der Waals surface area contributed by atoms with Crippen molar-refractivity contribution in [3.8, 4) is 22.6 Å². The number of fused-ring (bicyclic) bond motifs is 1. The van der Waals surface area contributed by atoms with Gasteiger partial charge in [0.25, 0.3) is 0 Å². The van der Waals surface area contributed by atoms with E-state index in [0.29, 0.717) is 5.39 Å². The van der Waals surface area contributed by atoms with Crippen molar-refractivity contribution in [1.29, 1.82) is 0 Å². The minimum atomic E-state index is -4.74. The maximum absolute atomic E-state index is 14.1. The fourth-order valence-electron chi connectivity index (χ4n) is 3.75. The largest absolute Gasteiger partial charge is 0.497 e. The van der Waals surface area contributed by atoms with Gasteiger partial charge in [0, 0.05) is 35.4 Å². The fraction of sp³-hybridized carbons (Fsp3) is 0.357. The number of ether oxygens (including phenoxy) is 3. The summed E-state index contributed by atoms with van der Waals surface area (Å²) in [7, 11) is 1.23. The molecule has 1 aromatic heterocycles. The average Bonchev–Trinajstić information content (AvgIpc) is 2.87. The molecule has 0 fully saturated rings. The lowest BCUT2D eigenvalue weighted by molar-refractivity contribution is -0.139. The number of halogens is 5. The molecule has 1 heterocycles. The van der Waals surface area contributed by atoms with Gasteiger partial charge in [-0.15, -0.1) is 0 Å². The summed E-state index contributed by atoms with van der Waals surface area (Å²) in [6.45, 7) is 4.70. The number of hydrogen-bond acceptors (Lipinski definition) is 6. The maximum atomic E-state index is 14.1. The topological polar surface area (TPSA) is 75.0 Å². The summed E-state index contributed by atoms with van der Waals surface area (Å²) in [4.78, 5) is 23.9. The van der Waals surface area contributed by atoms with Crippen LogP contribution in [-0.2, 0) is 15.7 Å².